The zero-order chi connectivity index (χ0) is 17.6. The van der Waals surface area contributed by atoms with Gasteiger partial charge in [-0.25, -0.2) is 9.37 Å². The van der Waals surface area contributed by atoms with Crippen molar-refractivity contribution in [3.63, 3.8) is 0 Å². The topological polar surface area (TPSA) is 56.0 Å². The van der Waals surface area contributed by atoms with E-state index >= 15 is 0 Å². The summed E-state index contributed by atoms with van der Waals surface area (Å²) in [6.45, 7) is 6.29. The minimum atomic E-state index is -0.243. The van der Waals surface area contributed by atoms with Gasteiger partial charge in [0.05, 0.1) is 15.6 Å². The van der Waals surface area contributed by atoms with Crippen LogP contribution < -0.4 is 0 Å². The first kappa shape index (κ1) is 16.3. The molecule has 0 radical (unpaired) electrons. The van der Waals surface area contributed by atoms with Crippen molar-refractivity contribution in [1.29, 1.82) is 0 Å². The molecule has 0 aliphatic rings. The second kappa shape index (κ2) is 6.27. The normalized spacial score (nSPS) is 11.7. The first-order valence-electron chi connectivity index (χ1n) is 7.94. The molecule has 0 bridgehead atoms. The molecule has 0 N–H and O–H groups in total. The summed E-state index contributed by atoms with van der Waals surface area (Å²) in [6, 6.07) is 6.42. The van der Waals surface area contributed by atoms with Gasteiger partial charge in [-0.15, -0.1) is 21.5 Å². The van der Waals surface area contributed by atoms with Crippen LogP contribution in [0.2, 0.25) is 0 Å². The second-order valence-corrected chi connectivity index (χ2v) is 8.28. The van der Waals surface area contributed by atoms with E-state index in [-0.39, 0.29) is 5.82 Å². The van der Waals surface area contributed by atoms with Crippen molar-refractivity contribution in [1.82, 2.24) is 24.8 Å². The van der Waals surface area contributed by atoms with Crippen LogP contribution in [-0.2, 0) is 6.42 Å². The van der Waals surface area contributed by atoms with Crippen molar-refractivity contribution in [3.8, 4) is 9.88 Å². The standard InChI is InChI=1S/C17H16FN5S2/c1-9(2)14-15(24-10(3)19-14)16-22-23-13(20-21-17(23)25-16)8-11-4-6-12(18)7-5-11/h4-7,9H,8H2,1-3H3. The molecule has 0 atom stereocenters. The average Bonchev–Trinajstić information content (AvgIpc) is 3.24. The van der Waals surface area contributed by atoms with Crippen molar-refractivity contribution in [3.05, 3.63) is 52.2 Å². The predicted molar refractivity (Wildman–Crippen MR) is 97.8 cm³/mol. The molecule has 4 rings (SSSR count). The van der Waals surface area contributed by atoms with Crippen LogP contribution in [0.3, 0.4) is 0 Å². The number of halogens is 1. The van der Waals surface area contributed by atoms with Crippen LogP contribution in [0, 0.1) is 12.7 Å². The zero-order valence-corrected chi connectivity index (χ0v) is 15.7. The molecule has 4 aromatic rings. The SMILES string of the molecule is Cc1nc(C(C)C)c(-c2nn3c(Cc4ccc(F)cc4)nnc3s2)s1. The van der Waals surface area contributed by atoms with E-state index in [0.717, 1.165) is 36.9 Å². The molecule has 0 aliphatic heterocycles. The Balaban J connectivity index is 1.72. The minimum Gasteiger partial charge on any atom is -0.246 e. The van der Waals surface area contributed by atoms with Gasteiger partial charge in [-0.2, -0.15) is 9.61 Å². The largest absolute Gasteiger partial charge is 0.246 e. The number of nitrogens with zero attached hydrogens (tertiary/aromatic N) is 5. The van der Waals surface area contributed by atoms with Crippen LogP contribution in [-0.4, -0.2) is 24.8 Å². The third-order valence-corrected chi connectivity index (χ3v) is 5.87. The Bertz CT molecular complexity index is 1030. The first-order valence-corrected chi connectivity index (χ1v) is 9.58. The molecule has 0 saturated carbocycles. The van der Waals surface area contributed by atoms with Crippen LogP contribution in [0.25, 0.3) is 14.8 Å². The molecule has 0 aliphatic carbocycles. The molecular weight excluding hydrogens is 357 g/mol. The zero-order valence-electron chi connectivity index (χ0n) is 14.0. The van der Waals surface area contributed by atoms with E-state index in [0.29, 0.717) is 12.3 Å². The summed E-state index contributed by atoms with van der Waals surface area (Å²) in [5, 5.41) is 15.1. The Hall–Kier alpha value is -2.19. The highest BCUT2D eigenvalue weighted by molar-refractivity contribution is 7.24. The van der Waals surface area contributed by atoms with Gasteiger partial charge >= 0.3 is 0 Å². The molecule has 8 heteroatoms. The highest BCUT2D eigenvalue weighted by atomic mass is 32.1. The van der Waals surface area contributed by atoms with Crippen LogP contribution in [0.4, 0.5) is 4.39 Å². The molecule has 0 amide bonds. The van der Waals surface area contributed by atoms with E-state index in [4.69, 9.17) is 5.10 Å². The van der Waals surface area contributed by atoms with Crippen LogP contribution in [0.1, 0.15) is 41.9 Å². The van der Waals surface area contributed by atoms with Gasteiger partial charge in [-0.3, -0.25) is 0 Å². The van der Waals surface area contributed by atoms with Gasteiger partial charge in [0, 0.05) is 6.42 Å². The van der Waals surface area contributed by atoms with Gasteiger partial charge in [0.15, 0.2) is 10.8 Å². The van der Waals surface area contributed by atoms with Crippen molar-refractivity contribution < 1.29 is 4.39 Å². The fourth-order valence-corrected chi connectivity index (χ4v) is 4.64. The molecule has 0 saturated heterocycles. The number of rotatable bonds is 4. The molecular formula is C17H16FN5S2. The molecule has 0 spiro atoms. The minimum absolute atomic E-state index is 0.243. The van der Waals surface area contributed by atoms with E-state index < -0.39 is 0 Å². The van der Waals surface area contributed by atoms with Gasteiger partial charge in [0.25, 0.3) is 0 Å². The first-order chi connectivity index (χ1) is 12.0. The number of hydrogen-bond acceptors (Lipinski definition) is 6. The Morgan fingerprint density at radius 3 is 2.60 bits per heavy atom. The number of fused-ring (bicyclic) bond motifs is 1. The molecule has 3 heterocycles. The predicted octanol–water partition coefficient (Wildman–Crippen LogP) is 4.47. The second-order valence-electron chi connectivity index (χ2n) is 6.12. The fourth-order valence-electron chi connectivity index (χ4n) is 2.63. The van der Waals surface area contributed by atoms with Crippen molar-refractivity contribution in [2.24, 2.45) is 0 Å². The molecule has 3 aromatic heterocycles. The van der Waals surface area contributed by atoms with Crippen molar-refractivity contribution >= 4 is 27.6 Å². The Kier molecular flexibility index (Phi) is 4.09. The third-order valence-electron chi connectivity index (χ3n) is 3.83. The number of aryl methyl sites for hydroxylation is 1. The molecule has 25 heavy (non-hydrogen) atoms. The Morgan fingerprint density at radius 1 is 1.12 bits per heavy atom. The Labute approximate surface area is 152 Å². The molecule has 0 unspecified atom stereocenters. The van der Waals surface area contributed by atoms with Gasteiger partial charge in [0.1, 0.15) is 5.82 Å². The molecule has 0 fully saturated rings. The summed E-state index contributed by atoms with van der Waals surface area (Å²) < 4.78 is 14.8. The third kappa shape index (κ3) is 3.07. The maximum absolute atomic E-state index is 13.1. The summed E-state index contributed by atoms with van der Waals surface area (Å²) in [5.41, 5.74) is 2.05. The van der Waals surface area contributed by atoms with Gasteiger partial charge in [-0.05, 0) is 30.5 Å². The number of aromatic nitrogens is 5. The van der Waals surface area contributed by atoms with Crippen molar-refractivity contribution in [2.45, 2.75) is 33.1 Å². The lowest BCUT2D eigenvalue weighted by Gasteiger charge is -2.01. The Morgan fingerprint density at radius 2 is 1.88 bits per heavy atom. The van der Waals surface area contributed by atoms with Crippen LogP contribution >= 0.6 is 22.7 Å². The maximum atomic E-state index is 13.1. The fraction of sp³-hybridized carbons (Fsp3) is 0.294. The smallest absolute Gasteiger partial charge is 0.235 e. The number of thiazole rings is 1. The van der Waals surface area contributed by atoms with Crippen molar-refractivity contribution in [2.75, 3.05) is 0 Å². The van der Waals surface area contributed by atoms with E-state index in [1.165, 1.54) is 23.5 Å². The van der Waals surface area contributed by atoms with E-state index in [1.807, 2.05) is 6.92 Å². The summed E-state index contributed by atoms with van der Waals surface area (Å²) in [7, 11) is 0. The molecule has 5 nitrogen and oxygen atoms in total. The molecule has 1 aromatic carbocycles. The van der Waals surface area contributed by atoms with Crippen LogP contribution in [0.15, 0.2) is 24.3 Å². The van der Waals surface area contributed by atoms with E-state index in [2.05, 4.69) is 29.0 Å². The highest BCUT2D eigenvalue weighted by Crippen LogP contribution is 2.36. The maximum Gasteiger partial charge on any atom is 0.235 e. The molecule has 128 valence electrons. The van der Waals surface area contributed by atoms with Gasteiger partial charge < -0.3 is 0 Å². The summed E-state index contributed by atoms with van der Waals surface area (Å²) in [4.78, 5) is 6.51. The van der Waals surface area contributed by atoms with E-state index in [9.17, 15) is 4.39 Å². The lowest BCUT2D eigenvalue weighted by Crippen LogP contribution is -1.98. The average molecular weight is 373 g/mol. The number of benzene rings is 1. The summed E-state index contributed by atoms with van der Waals surface area (Å²) >= 11 is 3.18. The summed E-state index contributed by atoms with van der Waals surface area (Å²) in [6.07, 6.45) is 0.559. The monoisotopic (exact) mass is 373 g/mol. The lowest BCUT2D eigenvalue weighted by molar-refractivity contribution is 0.627. The van der Waals surface area contributed by atoms with Gasteiger partial charge in [-0.1, -0.05) is 37.3 Å². The number of hydrogen-bond donors (Lipinski definition) is 0. The summed E-state index contributed by atoms with van der Waals surface area (Å²) in [5.74, 6) is 0.845. The van der Waals surface area contributed by atoms with Crippen LogP contribution in [0.5, 0.6) is 0 Å². The lowest BCUT2D eigenvalue weighted by atomic mass is 10.1. The quantitative estimate of drug-likeness (QED) is 0.529. The highest BCUT2D eigenvalue weighted by Gasteiger charge is 2.20. The van der Waals surface area contributed by atoms with E-state index in [1.54, 1.807) is 28.0 Å². The van der Waals surface area contributed by atoms with Gasteiger partial charge in [0.2, 0.25) is 4.96 Å².